The summed E-state index contributed by atoms with van der Waals surface area (Å²) in [4.78, 5) is 55.1. The summed E-state index contributed by atoms with van der Waals surface area (Å²) >= 11 is 0. The van der Waals surface area contributed by atoms with Crippen LogP contribution in [0, 0.1) is 23.4 Å². The molecule has 2 amide bonds. The van der Waals surface area contributed by atoms with E-state index in [4.69, 9.17) is 4.74 Å². The third-order valence-corrected chi connectivity index (χ3v) is 6.19. The van der Waals surface area contributed by atoms with E-state index in [1.807, 2.05) is 0 Å². The van der Waals surface area contributed by atoms with Crippen LogP contribution in [0.3, 0.4) is 0 Å². The highest BCUT2D eigenvalue weighted by molar-refractivity contribution is 5.95. The van der Waals surface area contributed by atoms with Crippen LogP contribution in [-0.4, -0.2) is 64.3 Å². The molecule has 1 atom stereocenters. The zero-order valence-corrected chi connectivity index (χ0v) is 21.2. The van der Waals surface area contributed by atoms with E-state index >= 15 is 0 Å². The first-order valence-corrected chi connectivity index (χ1v) is 12.3. The lowest BCUT2D eigenvalue weighted by Gasteiger charge is -2.32. The van der Waals surface area contributed by atoms with Gasteiger partial charge in [0.05, 0.1) is 17.5 Å². The van der Waals surface area contributed by atoms with Crippen molar-refractivity contribution in [3.63, 3.8) is 0 Å². The van der Waals surface area contributed by atoms with Gasteiger partial charge in [0.2, 0.25) is 11.7 Å². The summed E-state index contributed by atoms with van der Waals surface area (Å²) in [6.07, 6.45) is 5.88. The Kier molecular flexibility index (Phi) is 10.2. The molecule has 0 unspecified atom stereocenters. The number of aromatic nitrogens is 1. The van der Waals surface area contributed by atoms with Gasteiger partial charge in [0.15, 0.2) is 17.3 Å². The van der Waals surface area contributed by atoms with Gasteiger partial charge in [0.1, 0.15) is 18.5 Å². The van der Waals surface area contributed by atoms with Crippen molar-refractivity contribution in [2.24, 2.45) is 5.92 Å². The van der Waals surface area contributed by atoms with Gasteiger partial charge in [-0.05, 0) is 31.4 Å². The number of carbonyl (C=O) groups is 4. The molecule has 9 nitrogen and oxygen atoms in total. The minimum Gasteiger partial charge on any atom is -0.482 e. The lowest BCUT2D eigenvalue weighted by atomic mass is 9.94. The Bertz CT molecular complexity index is 1250. The Labute approximate surface area is 222 Å². The Morgan fingerprint density at radius 3 is 2.54 bits per heavy atom. The number of likely N-dealkylation sites (tertiary alicyclic amines) is 1. The number of carbonyl (C=O) groups excluding carboxylic acids is 3. The average molecular weight is 548 g/mol. The number of pyridine rings is 1. The SMILES string of the molecule is CC/C=C/c1c(F)cc(F)c(F)c1OCC(=O)[C@H](CC(=O)O)NC(=O)C1CCN(C(=O)c2cccnc2)CC1. The predicted molar refractivity (Wildman–Crippen MR) is 133 cm³/mol. The van der Waals surface area contributed by atoms with E-state index in [-0.39, 0.29) is 31.8 Å². The first kappa shape index (κ1) is 29.3. The number of halogens is 3. The molecule has 0 bridgehead atoms. The van der Waals surface area contributed by atoms with Crippen LogP contribution in [0.1, 0.15) is 48.5 Å². The number of ketones is 1. The molecule has 1 aromatic heterocycles. The molecule has 2 heterocycles. The van der Waals surface area contributed by atoms with E-state index in [2.05, 4.69) is 10.3 Å². The van der Waals surface area contributed by atoms with Crippen molar-refractivity contribution in [1.82, 2.24) is 15.2 Å². The van der Waals surface area contributed by atoms with Gasteiger partial charge in [-0.1, -0.05) is 19.1 Å². The molecule has 1 aromatic carbocycles. The van der Waals surface area contributed by atoms with Crippen molar-refractivity contribution in [2.75, 3.05) is 19.7 Å². The summed E-state index contributed by atoms with van der Waals surface area (Å²) in [5.41, 5.74) is 0.00504. The van der Waals surface area contributed by atoms with Crippen LogP contribution >= 0.6 is 0 Å². The molecular formula is C27H28F3N3O6. The monoisotopic (exact) mass is 547 g/mol. The average Bonchev–Trinajstić information content (AvgIpc) is 2.93. The third-order valence-electron chi connectivity index (χ3n) is 6.19. The molecule has 0 saturated carbocycles. The molecule has 2 aromatic rings. The van der Waals surface area contributed by atoms with Crippen LogP contribution in [-0.2, 0) is 14.4 Å². The second-order valence-electron chi connectivity index (χ2n) is 8.93. The molecule has 1 fully saturated rings. The standard InChI is InChI=1S/C27H28F3N3O6/c1-2-3-6-18-19(28)12-20(29)24(30)25(18)39-15-22(34)21(13-23(35)36)32-26(37)16-7-10-33(11-8-16)27(38)17-5-4-9-31-14-17/h3-6,9,12,14,16,21H,2,7-8,10-11,13,15H2,1H3,(H,32,37)(H,35,36)/b6-3+/t21-/m0/s1. The third kappa shape index (κ3) is 7.65. The number of carboxylic acids is 1. The molecule has 2 N–H and O–H groups in total. The number of ether oxygens (including phenoxy) is 1. The van der Waals surface area contributed by atoms with Gasteiger partial charge in [-0.2, -0.15) is 4.39 Å². The van der Waals surface area contributed by atoms with Crippen LogP contribution in [0.25, 0.3) is 6.08 Å². The van der Waals surface area contributed by atoms with E-state index in [1.165, 1.54) is 18.3 Å². The number of allylic oxidation sites excluding steroid dienone is 1. The van der Waals surface area contributed by atoms with Gasteiger partial charge in [0.25, 0.3) is 5.91 Å². The molecule has 1 saturated heterocycles. The van der Waals surface area contributed by atoms with E-state index in [9.17, 15) is 37.5 Å². The van der Waals surface area contributed by atoms with E-state index < -0.39 is 71.4 Å². The molecule has 39 heavy (non-hydrogen) atoms. The molecule has 208 valence electrons. The zero-order chi connectivity index (χ0) is 28.5. The Morgan fingerprint density at radius 1 is 1.21 bits per heavy atom. The normalized spacial score (nSPS) is 14.7. The van der Waals surface area contributed by atoms with Crippen molar-refractivity contribution in [2.45, 2.75) is 38.6 Å². The number of carboxylic acid groups (broad SMARTS) is 1. The van der Waals surface area contributed by atoms with E-state index in [1.54, 1.807) is 30.2 Å². The number of nitrogens with one attached hydrogen (secondary N) is 1. The number of Topliss-reactive ketones (excluding diaryl/α,β-unsaturated/α-hetero) is 1. The molecule has 1 aliphatic heterocycles. The van der Waals surface area contributed by atoms with Crippen LogP contribution in [0.15, 0.2) is 36.7 Å². The Balaban J connectivity index is 1.64. The highest BCUT2D eigenvalue weighted by atomic mass is 19.2. The zero-order valence-electron chi connectivity index (χ0n) is 21.2. The maximum Gasteiger partial charge on any atom is 0.305 e. The summed E-state index contributed by atoms with van der Waals surface area (Å²) in [6, 6.07) is 2.09. The molecule has 3 rings (SSSR count). The van der Waals surface area contributed by atoms with Crippen LogP contribution < -0.4 is 10.1 Å². The van der Waals surface area contributed by atoms with Gasteiger partial charge in [-0.3, -0.25) is 24.2 Å². The smallest absolute Gasteiger partial charge is 0.305 e. The quantitative estimate of drug-likeness (QED) is 0.413. The molecule has 0 spiro atoms. The Hall–Kier alpha value is -4.22. The van der Waals surface area contributed by atoms with Crippen molar-refractivity contribution in [3.05, 3.63) is 65.2 Å². The maximum atomic E-state index is 14.4. The fourth-order valence-electron chi connectivity index (χ4n) is 4.09. The summed E-state index contributed by atoms with van der Waals surface area (Å²) in [5.74, 6) is -8.69. The number of rotatable bonds is 11. The summed E-state index contributed by atoms with van der Waals surface area (Å²) in [7, 11) is 0. The topological polar surface area (TPSA) is 126 Å². The highest BCUT2D eigenvalue weighted by Gasteiger charge is 2.32. The van der Waals surface area contributed by atoms with Crippen LogP contribution in [0.4, 0.5) is 13.2 Å². The van der Waals surface area contributed by atoms with Crippen molar-refractivity contribution < 1.29 is 42.2 Å². The number of amides is 2. The first-order valence-electron chi connectivity index (χ1n) is 12.3. The number of piperidine rings is 1. The largest absolute Gasteiger partial charge is 0.482 e. The van der Waals surface area contributed by atoms with Gasteiger partial charge >= 0.3 is 5.97 Å². The lowest BCUT2D eigenvalue weighted by Crippen LogP contribution is -2.49. The minimum absolute atomic E-state index is 0.229. The Morgan fingerprint density at radius 2 is 1.92 bits per heavy atom. The second kappa shape index (κ2) is 13.5. The first-order chi connectivity index (χ1) is 18.6. The highest BCUT2D eigenvalue weighted by Crippen LogP contribution is 2.29. The second-order valence-corrected chi connectivity index (χ2v) is 8.93. The van der Waals surface area contributed by atoms with Crippen molar-refractivity contribution in [1.29, 1.82) is 0 Å². The van der Waals surface area contributed by atoms with Crippen LogP contribution in [0.2, 0.25) is 0 Å². The molecule has 1 aliphatic rings. The van der Waals surface area contributed by atoms with Crippen molar-refractivity contribution >= 4 is 29.6 Å². The number of aliphatic carboxylic acids is 1. The lowest BCUT2D eigenvalue weighted by molar-refractivity contribution is -0.141. The minimum atomic E-state index is -1.53. The van der Waals surface area contributed by atoms with Crippen LogP contribution in [0.5, 0.6) is 5.75 Å². The molecule has 0 radical (unpaired) electrons. The van der Waals surface area contributed by atoms with E-state index in [0.717, 1.165) is 0 Å². The molecular weight excluding hydrogens is 519 g/mol. The van der Waals surface area contributed by atoms with Gasteiger partial charge < -0.3 is 20.1 Å². The molecule has 0 aliphatic carbocycles. The fraction of sp³-hybridized carbons (Fsp3) is 0.370. The number of hydrogen-bond donors (Lipinski definition) is 2. The number of benzene rings is 1. The summed E-state index contributed by atoms with van der Waals surface area (Å²) in [6.45, 7) is 1.33. The molecule has 12 heteroatoms. The van der Waals surface area contributed by atoms with E-state index in [0.29, 0.717) is 18.1 Å². The summed E-state index contributed by atoms with van der Waals surface area (Å²) < 4.78 is 47.5. The number of hydrogen-bond acceptors (Lipinski definition) is 6. The maximum absolute atomic E-state index is 14.4. The van der Waals surface area contributed by atoms with Gasteiger partial charge in [-0.25, -0.2) is 8.78 Å². The van der Waals surface area contributed by atoms with Crippen molar-refractivity contribution in [3.8, 4) is 5.75 Å². The number of nitrogens with zero attached hydrogens (tertiary/aromatic N) is 2. The fourth-order valence-corrected chi connectivity index (χ4v) is 4.09. The summed E-state index contributed by atoms with van der Waals surface area (Å²) in [5, 5.41) is 11.6. The van der Waals surface area contributed by atoms with Gasteiger partial charge in [-0.15, -0.1) is 0 Å². The van der Waals surface area contributed by atoms with Gasteiger partial charge in [0, 0.05) is 37.5 Å². The predicted octanol–water partition coefficient (Wildman–Crippen LogP) is 3.38.